The standard InChI is InChI=1S/C9H17NO2/c1-2-5-10-9-8(3-6-11-9)4-7-12-9/h8,10H,2-7H2,1H3. The van der Waals surface area contributed by atoms with Gasteiger partial charge in [-0.25, -0.2) is 0 Å². The van der Waals surface area contributed by atoms with Crippen molar-refractivity contribution in [1.82, 2.24) is 5.32 Å². The topological polar surface area (TPSA) is 30.5 Å². The van der Waals surface area contributed by atoms with Crippen molar-refractivity contribution >= 4 is 0 Å². The van der Waals surface area contributed by atoms with Gasteiger partial charge < -0.3 is 9.47 Å². The van der Waals surface area contributed by atoms with Crippen LogP contribution in [0.15, 0.2) is 0 Å². The number of hydrogen-bond acceptors (Lipinski definition) is 3. The van der Waals surface area contributed by atoms with Crippen molar-refractivity contribution in [3.05, 3.63) is 0 Å². The zero-order valence-electron chi connectivity index (χ0n) is 7.64. The third-order valence-electron chi connectivity index (χ3n) is 2.72. The van der Waals surface area contributed by atoms with Gasteiger partial charge in [-0.1, -0.05) is 6.92 Å². The van der Waals surface area contributed by atoms with Crippen LogP contribution in [0.1, 0.15) is 26.2 Å². The van der Waals surface area contributed by atoms with Crippen LogP contribution in [0.2, 0.25) is 0 Å². The highest BCUT2D eigenvalue weighted by Gasteiger charge is 2.48. The Hall–Kier alpha value is -0.120. The number of ether oxygens (including phenoxy) is 2. The van der Waals surface area contributed by atoms with Gasteiger partial charge in [-0.3, -0.25) is 5.32 Å². The molecule has 2 rings (SSSR count). The number of fused-ring (bicyclic) bond motifs is 1. The van der Waals surface area contributed by atoms with Gasteiger partial charge in [-0.05, 0) is 25.8 Å². The summed E-state index contributed by atoms with van der Waals surface area (Å²) in [6, 6.07) is 0. The fourth-order valence-electron chi connectivity index (χ4n) is 2.05. The molecule has 2 fully saturated rings. The summed E-state index contributed by atoms with van der Waals surface area (Å²) < 4.78 is 11.3. The molecule has 2 heterocycles. The maximum Gasteiger partial charge on any atom is 0.230 e. The van der Waals surface area contributed by atoms with Gasteiger partial charge in [0.25, 0.3) is 0 Å². The number of hydrogen-bond donors (Lipinski definition) is 1. The van der Waals surface area contributed by atoms with E-state index in [1.165, 1.54) is 0 Å². The lowest BCUT2D eigenvalue weighted by Gasteiger charge is -2.28. The van der Waals surface area contributed by atoms with E-state index >= 15 is 0 Å². The highest BCUT2D eigenvalue weighted by molar-refractivity contribution is 4.87. The van der Waals surface area contributed by atoms with E-state index in [4.69, 9.17) is 9.47 Å². The Balaban J connectivity index is 1.97. The van der Waals surface area contributed by atoms with Crippen molar-refractivity contribution in [2.24, 2.45) is 5.92 Å². The van der Waals surface area contributed by atoms with Crippen LogP contribution in [0.3, 0.4) is 0 Å². The first-order valence-electron chi connectivity index (χ1n) is 4.90. The quantitative estimate of drug-likeness (QED) is 0.689. The van der Waals surface area contributed by atoms with Crippen molar-refractivity contribution in [3.63, 3.8) is 0 Å². The monoisotopic (exact) mass is 171 g/mol. The fraction of sp³-hybridized carbons (Fsp3) is 1.00. The molecule has 0 radical (unpaired) electrons. The first kappa shape index (κ1) is 8.48. The predicted molar refractivity (Wildman–Crippen MR) is 45.7 cm³/mol. The molecule has 3 heteroatoms. The van der Waals surface area contributed by atoms with Crippen molar-refractivity contribution in [2.45, 2.75) is 32.1 Å². The van der Waals surface area contributed by atoms with Gasteiger partial charge in [0.15, 0.2) is 0 Å². The lowest BCUT2D eigenvalue weighted by Crippen LogP contribution is -2.48. The lowest BCUT2D eigenvalue weighted by atomic mass is 10.0. The lowest BCUT2D eigenvalue weighted by molar-refractivity contribution is -0.217. The Labute approximate surface area is 73.4 Å². The highest BCUT2D eigenvalue weighted by Crippen LogP contribution is 2.38. The van der Waals surface area contributed by atoms with Gasteiger partial charge >= 0.3 is 0 Å². The molecule has 0 spiro atoms. The van der Waals surface area contributed by atoms with E-state index in [9.17, 15) is 0 Å². The van der Waals surface area contributed by atoms with Crippen LogP contribution in [0.4, 0.5) is 0 Å². The van der Waals surface area contributed by atoms with Gasteiger partial charge in [-0.15, -0.1) is 0 Å². The largest absolute Gasteiger partial charge is 0.337 e. The SMILES string of the molecule is CCCNC12OCCC1CCO2. The molecular formula is C9H17NO2. The Morgan fingerprint density at radius 3 is 2.58 bits per heavy atom. The third kappa shape index (κ3) is 1.26. The van der Waals surface area contributed by atoms with Crippen LogP contribution in [-0.2, 0) is 9.47 Å². The first-order chi connectivity index (χ1) is 5.87. The molecule has 0 aromatic heterocycles. The molecule has 12 heavy (non-hydrogen) atoms. The Morgan fingerprint density at radius 2 is 2.00 bits per heavy atom. The van der Waals surface area contributed by atoms with Crippen LogP contribution in [-0.4, -0.2) is 25.7 Å². The molecule has 0 aromatic carbocycles. The second kappa shape index (κ2) is 3.32. The maximum absolute atomic E-state index is 5.63. The van der Waals surface area contributed by atoms with Crippen molar-refractivity contribution in [1.29, 1.82) is 0 Å². The molecule has 1 N–H and O–H groups in total. The molecule has 0 aliphatic carbocycles. The van der Waals surface area contributed by atoms with Crippen molar-refractivity contribution in [3.8, 4) is 0 Å². The number of rotatable bonds is 3. The van der Waals surface area contributed by atoms with Crippen molar-refractivity contribution in [2.75, 3.05) is 19.8 Å². The summed E-state index contributed by atoms with van der Waals surface area (Å²) in [6.45, 7) is 4.84. The van der Waals surface area contributed by atoms with Gasteiger partial charge in [0.1, 0.15) is 0 Å². The van der Waals surface area contributed by atoms with Gasteiger partial charge in [0, 0.05) is 5.92 Å². The predicted octanol–water partition coefficient (Wildman–Crippen LogP) is 1.10. The molecule has 0 saturated carbocycles. The van der Waals surface area contributed by atoms with E-state index in [2.05, 4.69) is 12.2 Å². The zero-order chi connectivity index (χ0) is 8.44. The summed E-state index contributed by atoms with van der Waals surface area (Å²) in [5, 5.41) is 3.36. The molecule has 0 aromatic rings. The van der Waals surface area contributed by atoms with Gasteiger partial charge in [0.05, 0.1) is 13.2 Å². The molecule has 2 saturated heterocycles. The van der Waals surface area contributed by atoms with E-state index in [-0.39, 0.29) is 0 Å². The van der Waals surface area contributed by atoms with Crippen LogP contribution >= 0.6 is 0 Å². The summed E-state index contributed by atoms with van der Waals surface area (Å²) >= 11 is 0. The fourth-order valence-corrected chi connectivity index (χ4v) is 2.05. The normalized spacial score (nSPS) is 40.2. The minimum absolute atomic E-state index is 0.393. The highest BCUT2D eigenvalue weighted by atomic mass is 16.7. The average Bonchev–Trinajstić information content (AvgIpc) is 2.58. The molecule has 0 atom stereocenters. The summed E-state index contributed by atoms with van der Waals surface area (Å²) in [6.07, 6.45) is 3.43. The summed E-state index contributed by atoms with van der Waals surface area (Å²) in [5.74, 6) is 0.194. The molecule has 70 valence electrons. The molecule has 2 aliphatic rings. The first-order valence-corrected chi connectivity index (χ1v) is 4.90. The van der Waals surface area contributed by atoms with Crippen LogP contribution in [0.25, 0.3) is 0 Å². The van der Waals surface area contributed by atoms with Crippen molar-refractivity contribution < 1.29 is 9.47 Å². The molecule has 3 nitrogen and oxygen atoms in total. The summed E-state index contributed by atoms with van der Waals surface area (Å²) in [7, 11) is 0. The molecule has 0 unspecified atom stereocenters. The van der Waals surface area contributed by atoms with Gasteiger partial charge in [0.2, 0.25) is 5.91 Å². The molecule has 0 bridgehead atoms. The second-order valence-corrected chi connectivity index (χ2v) is 3.57. The molecule has 2 aliphatic heterocycles. The van der Waals surface area contributed by atoms with Crippen LogP contribution in [0, 0.1) is 5.92 Å². The summed E-state index contributed by atoms with van der Waals surface area (Å²) in [4.78, 5) is 0. The van der Waals surface area contributed by atoms with E-state index in [0.29, 0.717) is 5.92 Å². The third-order valence-corrected chi connectivity index (χ3v) is 2.72. The zero-order valence-corrected chi connectivity index (χ0v) is 7.64. The second-order valence-electron chi connectivity index (χ2n) is 3.57. The Bertz CT molecular complexity index is 151. The Morgan fingerprint density at radius 1 is 1.33 bits per heavy atom. The Kier molecular flexibility index (Phi) is 2.35. The van der Waals surface area contributed by atoms with Crippen LogP contribution < -0.4 is 5.32 Å². The summed E-state index contributed by atoms with van der Waals surface area (Å²) in [5.41, 5.74) is 0. The van der Waals surface area contributed by atoms with E-state index < -0.39 is 5.91 Å². The average molecular weight is 171 g/mol. The minimum atomic E-state index is -0.393. The minimum Gasteiger partial charge on any atom is -0.337 e. The van der Waals surface area contributed by atoms with Gasteiger partial charge in [-0.2, -0.15) is 0 Å². The molecular weight excluding hydrogens is 154 g/mol. The smallest absolute Gasteiger partial charge is 0.230 e. The molecule has 0 amide bonds. The van der Waals surface area contributed by atoms with E-state index in [0.717, 1.165) is 39.0 Å². The van der Waals surface area contributed by atoms with E-state index in [1.54, 1.807) is 0 Å². The van der Waals surface area contributed by atoms with Crippen LogP contribution in [0.5, 0.6) is 0 Å². The number of nitrogens with one attached hydrogen (secondary N) is 1. The maximum atomic E-state index is 5.63. The van der Waals surface area contributed by atoms with E-state index in [1.807, 2.05) is 0 Å².